The van der Waals surface area contributed by atoms with Crippen LogP contribution in [0.1, 0.15) is 19.8 Å². The lowest BCUT2D eigenvalue weighted by molar-refractivity contribution is -0.139. The van der Waals surface area contributed by atoms with E-state index in [-0.39, 0.29) is 6.03 Å². The molecule has 98 valence electrons. The first-order chi connectivity index (χ1) is 8.04. The van der Waals surface area contributed by atoms with E-state index in [1.165, 1.54) is 0 Å². The second kappa shape index (κ2) is 6.74. The van der Waals surface area contributed by atoms with Gasteiger partial charge < -0.3 is 15.7 Å². The van der Waals surface area contributed by atoms with Crippen LogP contribution < -0.4 is 10.6 Å². The molecule has 2 unspecified atom stereocenters. The Kier molecular flexibility index (Phi) is 5.61. The van der Waals surface area contributed by atoms with Crippen LogP contribution in [-0.2, 0) is 4.79 Å². The summed E-state index contributed by atoms with van der Waals surface area (Å²) in [6.45, 7) is 2.78. The van der Waals surface area contributed by atoms with E-state index in [1.807, 2.05) is 6.26 Å². The number of urea groups is 1. The summed E-state index contributed by atoms with van der Waals surface area (Å²) in [6, 6.07) is -1.17. The van der Waals surface area contributed by atoms with Gasteiger partial charge in [0.25, 0.3) is 0 Å². The van der Waals surface area contributed by atoms with Crippen molar-refractivity contribution in [1.29, 1.82) is 0 Å². The molecule has 3 atom stereocenters. The highest BCUT2D eigenvalue weighted by molar-refractivity contribution is 7.98. The van der Waals surface area contributed by atoms with Gasteiger partial charge in [-0.05, 0) is 36.7 Å². The Hall–Kier alpha value is -0.910. The fourth-order valence-electron chi connectivity index (χ4n) is 1.61. The molecule has 0 aromatic carbocycles. The van der Waals surface area contributed by atoms with Crippen LogP contribution in [-0.4, -0.2) is 41.7 Å². The van der Waals surface area contributed by atoms with Crippen molar-refractivity contribution in [3.8, 4) is 0 Å². The summed E-state index contributed by atoms with van der Waals surface area (Å²) < 4.78 is 0. The van der Waals surface area contributed by atoms with Crippen molar-refractivity contribution in [1.82, 2.24) is 10.6 Å². The largest absolute Gasteiger partial charge is 0.480 e. The van der Waals surface area contributed by atoms with Crippen molar-refractivity contribution >= 4 is 23.8 Å². The molecule has 0 radical (unpaired) electrons. The molecule has 0 heterocycles. The Balaban J connectivity index is 2.22. The maximum Gasteiger partial charge on any atom is 0.326 e. The summed E-state index contributed by atoms with van der Waals surface area (Å²) in [5, 5.41) is 14.1. The summed E-state index contributed by atoms with van der Waals surface area (Å²) in [6.07, 6.45) is 3.51. The molecule has 1 saturated carbocycles. The number of thioether (sulfide) groups is 1. The Labute approximate surface area is 106 Å². The van der Waals surface area contributed by atoms with E-state index < -0.39 is 12.0 Å². The second-order valence-electron chi connectivity index (χ2n) is 4.50. The van der Waals surface area contributed by atoms with E-state index in [1.54, 1.807) is 11.8 Å². The van der Waals surface area contributed by atoms with Gasteiger partial charge >= 0.3 is 12.0 Å². The number of nitrogens with one attached hydrogen (secondary N) is 2. The maximum absolute atomic E-state index is 11.5. The first-order valence-electron chi connectivity index (χ1n) is 5.80. The lowest BCUT2D eigenvalue weighted by Gasteiger charge is -2.14. The Morgan fingerprint density at radius 2 is 2.18 bits per heavy atom. The summed E-state index contributed by atoms with van der Waals surface area (Å²) in [7, 11) is 0. The smallest absolute Gasteiger partial charge is 0.326 e. The highest BCUT2D eigenvalue weighted by Crippen LogP contribution is 2.36. The molecule has 0 bridgehead atoms. The highest BCUT2D eigenvalue weighted by atomic mass is 32.2. The van der Waals surface area contributed by atoms with Crippen molar-refractivity contribution in [2.75, 3.05) is 18.6 Å². The molecule has 0 spiro atoms. The summed E-state index contributed by atoms with van der Waals surface area (Å²) in [5.74, 6) is 0.989. The average molecular weight is 260 g/mol. The lowest BCUT2D eigenvalue weighted by Crippen LogP contribution is -2.46. The van der Waals surface area contributed by atoms with Gasteiger partial charge in [-0.15, -0.1) is 0 Å². The van der Waals surface area contributed by atoms with E-state index in [4.69, 9.17) is 5.11 Å². The monoisotopic (exact) mass is 260 g/mol. The molecule has 1 aliphatic rings. The van der Waals surface area contributed by atoms with Crippen molar-refractivity contribution < 1.29 is 14.7 Å². The quantitative estimate of drug-likeness (QED) is 0.641. The van der Waals surface area contributed by atoms with E-state index in [2.05, 4.69) is 17.6 Å². The normalized spacial score (nSPS) is 23.9. The third-order valence-corrected chi connectivity index (χ3v) is 3.66. The number of hydrogen-bond donors (Lipinski definition) is 3. The molecule has 1 aliphatic carbocycles. The standard InChI is InChI=1S/C11H20N2O3S/c1-7-5-8(7)6-12-11(16)13-9(10(14)15)3-4-17-2/h7-9H,3-6H2,1-2H3,(H,14,15)(H2,12,13,16)/t7?,8?,9-/m1/s1. The zero-order chi connectivity index (χ0) is 12.8. The van der Waals surface area contributed by atoms with Gasteiger partial charge in [0.05, 0.1) is 0 Å². The molecule has 17 heavy (non-hydrogen) atoms. The van der Waals surface area contributed by atoms with E-state index in [0.29, 0.717) is 24.8 Å². The topological polar surface area (TPSA) is 78.4 Å². The van der Waals surface area contributed by atoms with Crippen LogP contribution in [0.3, 0.4) is 0 Å². The summed E-state index contributed by atoms with van der Waals surface area (Å²) in [4.78, 5) is 22.4. The predicted octanol–water partition coefficient (Wildman–Crippen LogP) is 1.15. The van der Waals surface area contributed by atoms with E-state index >= 15 is 0 Å². The second-order valence-corrected chi connectivity index (χ2v) is 5.49. The molecule has 6 heteroatoms. The van der Waals surface area contributed by atoms with Crippen molar-refractivity contribution in [2.24, 2.45) is 11.8 Å². The minimum absolute atomic E-state index is 0.377. The fraction of sp³-hybridized carbons (Fsp3) is 0.818. The summed E-state index contributed by atoms with van der Waals surface area (Å²) in [5.41, 5.74) is 0. The highest BCUT2D eigenvalue weighted by Gasteiger charge is 2.32. The zero-order valence-corrected chi connectivity index (χ0v) is 11.0. The van der Waals surface area contributed by atoms with Gasteiger partial charge in [0, 0.05) is 6.54 Å². The van der Waals surface area contributed by atoms with Crippen molar-refractivity contribution in [3.63, 3.8) is 0 Å². The number of carbonyl (C=O) groups excluding carboxylic acids is 1. The van der Waals surface area contributed by atoms with Crippen LogP contribution in [0.5, 0.6) is 0 Å². The number of carboxylic acid groups (broad SMARTS) is 1. The fourth-order valence-corrected chi connectivity index (χ4v) is 2.08. The molecular formula is C11H20N2O3S. The number of rotatable bonds is 7. The lowest BCUT2D eigenvalue weighted by atomic mass is 10.2. The SMILES string of the molecule is CSCC[C@@H](NC(=O)NCC1CC1C)C(=O)O. The van der Waals surface area contributed by atoms with Crippen LogP contribution in [0.25, 0.3) is 0 Å². The maximum atomic E-state index is 11.5. The molecule has 0 aromatic heterocycles. The van der Waals surface area contributed by atoms with Gasteiger partial charge in [-0.3, -0.25) is 0 Å². The third-order valence-electron chi connectivity index (χ3n) is 3.02. The number of amides is 2. The van der Waals surface area contributed by atoms with Gasteiger partial charge in [0.2, 0.25) is 0 Å². The Bertz CT molecular complexity index is 286. The molecule has 2 amide bonds. The van der Waals surface area contributed by atoms with Crippen LogP contribution in [0.4, 0.5) is 4.79 Å². The Morgan fingerprint density at radius 3 is 2.65 bits per heavy atom. The van der Waals surface area contributed by atoms with Crippen LogP contribution >= 0.6 is 11.8 Å². The zero-order valence-electron chi connectivity index (χ0n) is 10.2. The predicted molar refractivity (Wildman–Crippen MR) is 68.2 cm³/mol. The summed E-state index contributed by atoms with van der Waals surface area (Å²) >= 11 is 1.57. The van der Waals surface area contributed by atoms with Crippen LogP contribution in [0.2, 0.25) is 0 Å². The van der Waals surface area contributed by atoms with Gasteiger partial charge in [-0.1, -0.05) is 6.92 Å². The minimum atomic E-state index is -0.978. The van der Waals surface area contributed by atoms with Gasteiger partial charge in [-0.25, -0.2) is 9.59 Å². The number of hydrogen-bond acceptors (Lipinski definition) is 3. The molecule has 0 saturated heterocycles. The minimum Gasteiger partial charge on any atom is -0.480 e. The molecule has 5 nitrogen and oxygen atoms in total. The van der Waals surface area contributed by atoms with Gasteiger partial charge in [-0.2, -0.15) is 11.8 Å². The van der Waals surface area contributed by atoms with E-state index in [9.17, 15) is 9.59 Å². The molecule has 3 N–H and O–H groups in total. The van der Waals surface area contributed by atoms with Crippen molar-refractivity contribution in [3.05, 3.63) is 0 Å². The van der Waals surface area contributed by atoms with Crippen LogP contribution in [0.15, 0.2) is 0 Å². The van der Waals surface area contributed by atoms with E-state index in [0.717, 1.165) is 12.2 Å². The van der Waals surface area contributed by atoms with Gasteiger partial charge in [0.1, 0.15) is 6.04 Å². The Morgan fingerprint density at radius 1 is 1.53 bits per heavy atom. The molecule has 0 aliphatic heterocycles. The molecule has 1 fully saturated rings. The third kappa shape index (κ3) is 5.30. The number of carbonyl (C=O) groups is 2. The number of aliphatic carboxylic acids is 1. The van der Waals surface area contributed by atoms with Crippen molar-refractivity contribution in [2.45, 2.75) is 25.8 Å². The van der Waals surface area contributed by atoms with Gasteiger partial charge in [0.15, 0.2) is 0 Å². The first kappa shape index (κ1) is 14.2. The first-order valence-corrected chi connectivity index (χ1v) is 7.20. The molecule has 0 aromatic rings. The van der Waals surface area contributed by atoms with Crippen LogP contribution in [0, 0.1) is 11.8 Å². The average Bonchev–Trinajstić information content (AvgIpc) is 2.97. The molecule has 1 rings (SSSR count). The molecular weight excluding hydrogens is 240 g/mol. The number of carboxylic acids is 1.